The molecule has 1 saturated carbocycles. The summed E-state index contributed by atoms with van der Waals surface area (Å²) in [5.74, 6) is -0.334. The Morgan fingerprint density at radius 3 is 2.54 bits per heavy atom. The molecule has 0 spiro atoms. The molecule has 1 aliphatic carbocycles. The average molecular weight is 349 g/mol. The van der Waals surface area contributed by atoms with Crippen molar-refractivity contribution in [2.75, 3.05) is 14.1 Å². The fourth-order valence-electron chi connectivity index (χ4n) is 3.58. The summed E-state index contributed by atoms with van der Waals surface area (Å²) in [6.45, 7) is 0.585. The maximum absolute atomic E-state index is 12.9. The predicted octanol–water partition coefficient (Wildman–Crippen LogP) is 2.30. The second kappa shape index (κ2) is 6.93. The Morgan fingerprint density at radius 1 is 1.29 bits per heavy atom. The van der Waals surface area contributed by atoms with Crippen molar-refractivity contribution in [3.8, 4) is 0 Å². The SMILES string of the molecule is CN1C(=O)[C@@H](CC(=O)N(Cc2ccsc2)C2CCCC2)N(C)C1=O. The Morgan fingerprint density at radius 2 is 2.00 bits per heavy atom. The van der Waals surface area contributed by atoms with Gasteiger partial charge in [-0.2, -0.15) is 11.3 Å². The lowest BCUT2D eigenvalue weighted by atomic mass is 10.1. The first-order valence-corrected chi connectivity index (χ1v) is 9.28. The maximum atomic E-state index is 12.9. The number of carbonyl (C=O) groups is 3. The number of amides is 4. The van der Waals surface area contributed by atoms with E-state index in [1.807, 2.05) is 16.3 Å². The third-order valence-electron chi connectivity index (χ3n) is 5.06. The third-order valence-corrected chi connectivity index (χ3v) is 5.79. The highest BCUT2D eigenvalue weighted by Gasteiger charge is 2.43. The first-order chi connectivity index (χ1) is 11.5. The van der Waals surface area contributed by atoms with Crippen molar-refractivity contribution in [3.05, 3.63) is 22.4 Å². The lowest BCUT2D eigenvalue weighted by Crippen LogP contribution is -2.43. The van der Waals surface area contributed by atoms with Crippen LogP contribution in [0.1, 0.15) is 37.7 Å². The van der Waals surface area contributed by atoms with Crippen LogP contribution in [0.15, 0.2) is 16.8 Å². The topological polar surface area (TPSA) is 60.9 Å². The fourth-order valence-corrected chi connectivity index (χ4v) is 4.24. The zero-order chi connectivity index (χ0) is 17.3. The van der Waals surface area contributed by atoms with Crippen LogP contribution in [0.5, 0.6) is 0 Å². The minimum Gasteiger partial charge on any atom is -0.335 e. The van der Waals surface area contributed by atoms with Gasteiger partial charge < -0.3 is 9.80 Å². The number of hydrogen-bond donors (Lipinski definition) is 0. The lowest BCUT2D eigenvalue weighted by molar-refractivity contribution is -0.138. The number of likely N-dealkylation sites (N-methyl/N-ethyl adjacent to an activating group) is 2. The van der Waals surface area contributed by atoms with E-state index in [1.165, 1.54) is 11.9 Å². The molecule has 24 heavy (non-hydrogen) atoms. The molecule has 0 aromatic carbocycles. The van der Waals surface area contributed by atoms with E-state index < -0.39 is 6.04 Å². The number of thiophene rings is 1. The molecule has 0 bridgehead atoms. The van der Waals surface area contributed by atoms with Gasteiger partial charge in [-0.3, -0.25) is 14.5 Å². The fraction of sp³-hybridized carbons (Fsp3) is 0.588. The summed E-state index contributed by atoms with van der Waals surface area (Å²) in [6, 6.07) is 1.25. The Bertz CT molecular complexity index is 625. The number of imide groups is 1. The van der Waals surface area contributed by atoms with Crippen molar-refractivity contribution >= 4 is 29.2 Å². The zero-order valence-electron chi connectivity index (χ0n) is 14.1. The molecule has 2 fully saturated rings. The lowest BCUT2D eigenvalue weighted by Gasteiger charge is -2.30. The molecular weight excluding hydrogens is 326 g/mol. The Balaban J connectivity index is 1.73. The highest BCUT2D eigenvalue weighted by molar-refractivity contribution is 7.07. The standard InChI is InChI=1S/C17H23N3O3S/c1-18-14(16(22)19(2)17(18)23)9-15(21)20(13-5-3-4-6-13)10-12-7-8-24-11-12/h7-8,11,13-14H,3-6,9-10H2,1-2H3/t14-/m1/s1. The summed E-state index contributed by atoms with van der Waals surface area (Å²) in [5, 5.41) is 4.06. The number of carbonyl (C=O) groups excluding carboxylic acids is 3. The highest BCUT2D eigenvalue weighted by atomic mass is 32.1. The molecule has 7 heteroatoms. The summed E-state index contributed by atoms with van der Waals surface area (Å²) >= 11 is 1.62. The van der Waals surface area contributed by atoms with Gasteiger partial charge in [-0.05, 0) is 35.2 Å². The van der Waals surface area contributed by atoms with E-state index in [4.69, 9.17) is 0 Å². The number of nitrogens with zero attached hydrogens (tertiary/aromatic N) is 3. The molecular formula is C17H23N3O3S. The average Bonchev–Trinajstić information content (AvgIpc) is 3.30. The molecule has 6 nitrogen and oxygen atoms in total. The summed E-state index contributed by atoms with van der Waals surface area (Å²) < 4.78 is 0. The number of hydrogen-bond acceptors (Lipinski definition) is 4. The molecule has 2 heterocycles. The molecule has 1 saturated heterocycles. The van der Waals surface area contributed by atoms with Crippen molar-refractivity contribution in [1.82, 2.24) is 14.7 Å². The van der Waals surface area contributed by atoms with E-state index >= 15 is 0 Å². The monoisotopic (exact) mass is 349 g/mol. The summed E-state index contributed by atoms with van der Waals surface area (Å²) in [4.78, 5) is 41.4. The van der Waals surface area contributed by atoms with E-state index in [0.29, 0.717) is 6.54 Å². The van der Waals surface area contributed by atoms with Gasteiger partial charge in [-0.15, -0.1) is 0 Å². The first-order valence-electron chi connectivity index (χ1n) is 8.34. The van der Waals surface area contributed by atoms with Gasteiger partial charge in [0.15, 0.2) is 0 Å². The molecule has 1 aromatic heterocycles. The predicted molar refractivity (Wildman–Crippen MR) is 91.5 cm³/mol. The second-order valence-corrected chi connectivity index (χ2v) is 7.38. The van der Waals surface area contributed by atoms with Gasteiger partial charge in [0.1, 0.15) is 6.04 Å². The molecule has 0 radical (unpaired) electrons. The van der Waals surface area contributed by atoms with Crippen LogP contribution in [-0.4, -0.2) is 58.7 Å². The van der Waals surface area contributed by atoms with Crippen molar-refractivity contribution in [3.63, 3.8) is 0 Å². The molecule has 1 atom stereocenters. The van der Waals surface area contributed by atoms with Gasteiger partial charge in [-0.25, -0.2) is 4.79 Å². The Hall–Kier alpha value is -1.89. The van der Waals surface area contributed by atoms with Crippen LogP contribution in [0.4, 0.5) is 4.79 Å². The summed E-state index contributed by atoms with van der Waals surface area (Å²) in [5.41, 5.74) is 1.12. The quantitative estimate of drug-likeness (QED) is 0.767. The van der Waals surface area contributed by atoms with Gasteiger partial charge in [0.25, 0.3) is 5.91 Å². The zero-order valence-corrected chi connectivity index (χ0v) is 14.9. The van der Waals surface area contributed by atoms with Crippen molar-refractivity contribution in [1.29, 1.82) is 0 Å². The molecule has 0 N–H and O–H groups in total. The van der Waals surface area contributed by atoms with Gasteiger partial charge in [-0.1, -0.05) is 12.8 Å². The van der Waals surface area contributed by atoms with Crippen LogP contribution in [0.2, 0.25) is 0 Å². The van der Waals surface area contributed by atoms with Crippen molar-refractivity contribution < 1.29 is 14.4 Å². The molecule has 1 aliphatic heterocycles. The first kappa shape index (κ1) is 17.0. The maximum Gasteiger partial charge on any atom is 0.326 e. The van der Waals surface area contributed by atoms with Crippen LogP contribution in [0, 0.1) is 0 Å². The number of urea groups is 1. The van der Waals surface area contributed by atoms with E-state index in [0.717, 1.165) is 36.1 Å². The van der Waals surface area contributed by atoms with Crippen LogP contribution >= 0.6 is 11.3 Å². The normalized spacial score (nSPS) is 21.8. The number of rotatable bonds is 5. The molecule has 130 valence electrons. The Labute approximate surface area is 146 Å². The van der Waals surface area contributed by atoms with Gasteiger partial charge in [0.2, 0.25) is 5.91 Å². The largest absolute Gasteiger partial charge is 0.335 e. The Kier molecular flexibility index (Phi) is 4.89. The molecule has 0 unspecified atom stereocenters. The van der Waals surface area contributed by atoms with Gasteiger partial charge in [0, 0.05) is 26.7 Å². The molecule has 2 aliphatic rings. The van der Waals surface area contributed by atoms with Gasteiger partial charge >= 0.3 is 6.03 Å². The minimum absolute atomic E-state index is 0.0404. The molecule has 1 aromatic rings. The van der Waals surface area contributed by atoms with Crippen LogP contribution < -0.4 is 0 Å². The second-order valence-electron chi connectivity index (χ2n) is 6.60. The van der Waals surface area contributed by atoms with E-state index in [2.05, 4.69) is 5.38 Å². The van der Waals surface area contributed by atoms with Crippen LogP contribution in [0.3, 0.4) is 0 Å². The summed E-state index contributed by atoms with van der Waals surface area (Å²) in [7, 11) is 3.05. The minimum atomic E-state index is -0.679. The van der Waals surface area contributed by atoms with Crippen molar-refractivity contribution in [2.45, 2.75) is 50.7 Å². The molecule has 4 amide bonds. The smallest absolute Gasteiger partial charge is 0.326 e. The van der Waals surface area contributed by atoms with Crippen LogP contribution in [-0.2, 0) is 16.1 Å². The van der Waals surface area contributed by atoms with Crippen molar-refractivity contribution in [2.24, 2.45) is 0 Å². The van der Waals surface area contributed by atoms with E-state index in [9.17, 15) is 14.4 Å². The molecule has 3 rings (SSSR count). The van der Waals surface area contributed by atoms with E-state index in [-0.39, 0.29) is 30.3 Å². The highest BCUT2D eigenvalue weighted by Crippen LogP contribution is 2.27. The summed E-state index contributed by atoms with van der Waals surface area (Å²) in [6.07, 6.45) is 4.38. The third kappa shape index (κ3) is 3.17. The van der Waals surface area contributed by atoms with E-state index in [1.54, 1.807) is 18.4 Å². The van der Waals surface area contributed by atoms with Gasteiger partial charge in [0.05, 0.1) is 6.42 Å². The van der Waals surface area contributed by atoms with Crippen LogP contribution in [0.25, 0.3) is 0 Å².